The second-order valence-corrected chi connectivity index (χ2v) is 5.36. The second kappa shape index (κ2) is 7.48. The lowest BCUT2D eigenvalue weighted by atomic mass is 10.1. The van der Waals surface area contributed by atoms with Crippen LogP contribution in [0.5, 0.6) is 0 Å². The highest BCUT2D eigenvalue weighted by molar-refractivity contribution is 6.33. The van der Waals surface area contributed by atoms with E-state index in [1.54, 1.807) is 6.92 Å². The molecule has 1 atom stereocenters. The number of hydrogen-bond donors (Lipinski definition) is 2. The number of nitrogens with one attached hydrogen (secondary N) is 2. The summed E-state index contributed by atoms with van der Waals surface area (Å²) in [6.45, 7) is 1.64. The van der Waals surface area contributed by atoms with E-state index in [9.17, 15) is 18.0 Å². The molecule has 1 amide bonds. The lowest BCUT2D eigenvalue weighted by molar-refractivity contribution is -0.115. The third-order valence-corrected chi connectivity index (χ3v) is 3.53. The van der Waals surface area contributed by atoms with Crippen molar-refractivity contribution in [3.8, 4) is 0 Å². The molecule has 0 heterocycles. The monoisotopic (exact) mass is 342 g/mol. The van der Waals surface area contributed by atoms with Crippen LogP contribution in [0.25, 0.3) is 0 Å². The van der Waals surface area contributed by atoms with E-state index in [1.807, 2.05) is 0 Å². The highest BCUT2D eigenvalue weighted by Gasteiger charge is 2.11. The van der Waals surface area contributed by atoms with Crippen LogP contribution in [0.15, 0.2) is 36.4 Å². The third kappa shape index (κ3) is 4.71. The van der Waals surface area contributed by atoms with Gasteiger partial charge in [-0.05, 0) is 42.8 Å². The molecule has 0 saturated carbocycles. The minimum atomic E-state index is -0.946. The predicted molar refractivity (Wildman–Crippen MR) is 82.8 cm³/mol. The summed E-state index contributed by atoms with van der Waals surface area (Å²) in [4.78, 5) is 11.8. The molecule has 122 valence electrons. The maximum Gasteiger partial charge on any atom is 0.238 e. The molecule has 2 N–H and O–H groups in total. The fraction of sp³-hybridized carbons (Fsp3) is 0.188. The van der Waals surface area contributed by atoms with Crippen molar-refractivity contribution in [3.05, 3.63) is 64.4 Å². The van der Waals surface area contributed by atoms with Crippen molar-refractivity contribution >= 4 is 23.2 Å². The molecular formula is C16H14ClF3N2O. The van der Waals surface area contributed by atoms with E-state index in [2.05, 4.69) is 10.6 Å². The zero-order valence-electron chi connectivity index (χ0n) is 12.2. The van der Waals surface area contributed by atoms with Crippen molar-refractivity contribution in [1.29, 1.82) is 0 Å². The molecule has 23 heavy (non-hydrogen) atoms. The Kier molecular flexibility index (Phi) is 5.63. The van der Waals surface area contributed by atoms with Gasteiger partial charge in [-0.2, -0.15) is 0 Å². The molecule has 0 fully saturated rings. The first-order chi connectivity index (χ1) is 10.9. The van der Waals surface area contributed by atoms with E-state index in [4.69, 9.17) is 11.6 Å². The number of halogens is 4. The number of hydrogen-bond acceptors (Lipinski definition) is 2. The van der Waals surface area contributed by atoms with Crippen molar-refractivity contribution < 1.29 is 18.0 Å². The van der Waals surface area contributed by atoms with Crippen molar-refractivity contribution in [2.75, 3.05) is 11.9 Å². The van der Waals surface area contributed by atoms with Crippen LogP contribution in [0.4, 0.5) is 18.9 Å². The van der Waals surface area contributed by atoms with Gasteiger partial charge in [0.15, 0.2) is 11.6 Å². The van der Waals surface area contributed by atoms with Gasteiger partial charge in [-0.3, -0.25) is 4.79 Å². The van der Waals surface area contributed by atoms with Gasteiger partial charge in [0.25, 0.3) is 0 Å². The van der Waals surface area contributed by atoms with Crippen molar-refractivity contribution in [1.82, 2.24) is 5.32 Å². The maximum absolute atomic E-state index is 13.2. The lowest BCUT2D eigenvalue weighted by Gasteiger charge is -2.15. The van der Waals surface area contributed by atoms with Gasteiger partial charge in [0, 0.05) is 6.04 Å². The van der Waals surface area contributed by atoms with Crippen LogP contribution in [0.3, 0.4) is 0 Å². The minimum absolute atomic E-state index is 0.0755. The first-order valence-corrected chi connectivity index (χ1v) is 7.18. The van der Waals surface area contributed by atoms with Crippen LogP contribution < -0.4 is 10.6 Å². The molecule has 2 aromatic carbocycles. The minimum Gasteiger partial charge on any atom is -0.324 e. The van der Waals surface area contributed by atoms with E-state index < -0.39 is 23.4 Å². The topological polar surface area (TPSA) is 41.1 Å². The number of amides is 1. The molecule has 0 unspecified atom stereocenters. The molecule has 0 saturated heterocycles. The molecule has 2 rings (SSSR count). The van der Waals surface area contributed by atoms with E-state index in [-0.39, 0.29) is 17.6 Å². The SMILES string of the molecule is C[C@H](NCC(=O)Nc1ccc(F)cc1Cl)c1ccc(F)c(F)c1. The number of carbonyl (C=O) groups excluding carboxylic acids is 1. The summed E-state index contributed by atoms with van der Waals surface area (Å²) in [7, 11) is 0. The average Bonchev–Trinajstić information content (AvgIpc) is 2.50. The van der Waals surface area contributed by atoms with Gasteiger partial charge in [0.1, 0.15) is 5.82 Å². The van der Waals surface area contributed by atoms with Crippen LogP contribution in [-0.4, -0.2) is 12.5 Å². The molecule has 7 heteroatoms. The Balaban J connectivity index is 1.91. The molecule has 0 spiro atoms. The van der Waals surface area contributed by atoms with E-state index in [1.165, 1.54) is 18.2 Å². The maximum atomic E-state index is 13.2. The first kappa shape index (κ1) is 17.3. The largest absolute Gasteiger partial charge is 0.324 e. The molecule has 3 nitrogen and oxygen atoms in total. The Morgan fingerprint density at radius 3 is 2.52 bits per heavy atom. The summed E-state index contributed by atoms with van der Waals surface area (Å²) in [5, 5.41) is 5.50. The van der Waals surface area contributed by atoms with Crippen molar-refractivity contribution in [2.24, 2.45) is 0 Å². The van der Waals surface area contributed by atoms with Gasteiger partial charge < -0.3 is 10.6 Å². The Bertz CT molecular complexity index is 724. The van der Waals surface area contributed by atoms with Crippen LogP contribution >= 0.6 is 11.6 Å². The molecule has 2 aromatic rings. The molecular weight excluding hydrogens is 329 g/mol. The summed E-state index contributed by atoms with van der Waals surface area (Å²) in [6, 6.07) is 6.80. The van der Waals surface area contributed by atoms with Crippen LogP contribution in [0.1, 0.15) is 18.5 Å². The van der Waals surface area contributed by atoms with Gasteiger partial charge in [-0.15, -0.1) is 0 Å². The number of anilines is 1. The standard InChI is InChI=1S/C16H14ClF3N2O/c1-9(10-2-4-13(19)14(20)6-10)21-8-16(23)22-15-5-3-11(18)7-12(15)17/h2-7,9,21H,8H2,1H3,(H,22,23)/t9-/m0/s1. The first-order valence-electron chi connectivity index (χ1n) is 6.80. The second-order valence-electron chi connectivity index (χ2n) is 4.95. The van der Waals surface area contributed by atoms with Crippen LogP contribution in [0.2, 0.25) is 5.02 Å². The Hall–Kier alpha value is -2.05. The number of benzene rings is 2. The summed E-state index contributed by atoms with van der Waals surface area (Å²) in [5.74, 6) is -2.77. The van der Waals surface area contributed by atoms with Crippen LogP contribution in [-0.2, 0) is 4.79 Å². The summed E-state index contributed by atoms with van der Waals surface area (Å²) in [5.41, 5.74) is 0.803. The fourth-order valence-corrected chi connectivity index (χ4v) is 2.15. The molecule has 0 aliphatic heterocycles. The average molecular weight is 343 g/mol. The van der Waals surface area contributed by atoms with Crippen molar-refractivity contribution in [2.45, 2.75) is 13.0 Å². The van der Waals surface area contributed by atoms with Gasteiger partial charge in [-0.25, -0.2) is 13.2 Å². The Labute approximate surface area is 136 Å². The van der Waals surface area contributed by atoms with Crippen LogP contribution in [0, 0.1) is 17.5 Å². The van der Waals surface area contributed by atoms with Gasteiger partial charge in [0.05, 0.1) is 17.3 Å². The zero-order valence-corrected chi connectivity index (χ0v) is 12.9. The summed E-state index contributed by atoms with van der Waals surface area (Å²) in [6.07, 6.45) is 0. The van der Waals surface area contributed by atoms with E-state index in [0.717, 1.165) is 18.2 Å². The third-order valence-electron chi connectivity index (χ3n) is 3.22. The number of carbonyl (C=O) groups is 1. The van der Waals surface area contributed by atoms with E-state index in [0.29, 0.717) is 11.3 Å². The van der Waals surface area contributed by atoms with Gasteiger partial charge >= 0.3 is 0 Å². The summed E-state index contributed by atoms with van der Waals surface area (Å²) >= 11 is 5.81. The Morgan fingerprint density at radius 1 is 1.13 bits per heavy atom. The highest BCUT2D eigenvalue weighted by atomic mass is 35.5. The lowest BCUT2D eigenvalue weighted by Crippen LogP contribution is -2.30. The molecule has 0 aliphatic rings. The molecule has 0 bridgehead atoms. The van der Waals surface area contributed by atoms with E-state index >= 15 is 0 Å². The Morgan fingerprint density at radius 2 is 1.87 bits per heavy atom. The number of rotatable bonds is 5. The summed E-state index contributed by atoms with van der Waals surface area (Å²) < 4.78 is 39.0. The van der Waals surface area contributed by atoms with Gasteiger partial charge in [0.2, 0.25) is 5.91 Å². The van der Waals surface area contributed by atoms with Gasteiger partial charge in [-0.1, -0.05) is 17.7 Å². The normalized spacial score (nSPS) is 12.0. The highest BCUT2D eigenvalue weighted by Crippen LogP contribution is 2.22. The predicted octanol–water partition coefficient (Wildman–Crippen LogP) is 4.05. The zero-order chi connectivity index (χ0) is 17.0. The smallest absolute Gasteiger partial charge is 0.238 e. The fourth-order valence-electron chi connectivity index (χ4n) is 1.93. The van der Waals surface area contributed by atoms with Crippen molar-refractivity contribution in [3.63, 3.8) is 0 Å². The molecule has 0 radical (unpaired) electrons. The quantitative estimate of drug-likeness (QED) is 0.860. The molecule has 0 aliphatic carbocycles. The molecule has 0 aromatic heterocycles.